The fourth-order valence-electron chi connectivity index (χ4n) is 3.60. The minimum atomic E-state index is -0.276. The van der Waals surface area contributed by atoms with Crippen molar-refractivity contribution < 1.29 is 4.79 Å². The van der Waals surface area contributed by atoms with Gasteiger partial charge in [0.1, 0.15) is 0 Å². The molecule has 0 saturated carbocycles. The number of allylic oxidation sites excluding steroid dienone is 2. The fraction of sp³-hybridized carbons (Fsp3) is 0.179. The van der Waals surface area contributed by atoms with Gasteiger partial charge in [-0.2, -0.15) is 0 Å². The SMILES string of the molecule is CC1=C(/C=C\C(C)C(=O)NCCc2cccnc2)Sc2ccccc2C(c2ccc(Cl)c(Cl)c2)=N1. The third kappa shape index (κ3) is 6.43. The number of aromatic nitrogens is 1. The maximum absolute atomic E-state index is 12.6. The van der Waals surface area contributed by atoms with E-state index in [-0.39, 0.29) is 11.8 Å². The van der Waals surface area contributed by atoms with E-state index in [1.807, 2.05) is 68.6 Å². The number of carbonyl (C=O) groups is 1. The van der Waals surface area contributed by atoms with E-state index in [0.717, 1.165) is 44.3 Å². The summed E-state index contributed by atoms with van der Waals surface area (Å²) in [7, 11) is 0. The lowest BCUT2D eigenvalue weighted by atomic mass is 10.0. The molecule has 4 rings (SSSR count). The molecule has 1 aromatic heterocycles. The molecule has 1 unspecified atom stereocenters. The number of hydrogen-bond donors (Lipinski definition) is 1. The quantitative estimate of drug-likeness (QED) is 0.360. The molecule has 1 N–H and O–H groups in total. The van der Waals surface area contributed by atoms with Gasteiger partial charge in [-0.1, -0.05) is 78.3 Å². The first-order valence-corrected chi connectivity index (χ1v) is 12.9. The van der Waals surface area contributed by atoms with Crippen molar-refractivity contribution in [2.45, 2.75) is 25.2 Å². The summed E-state index contributed by atoms with van der Waals surface area (Å²) in [6.07, 6.45) is 8.22. The Morgan fingerprint density at radius 3 is 2.71 bits per heavy atom. The van der Waals surface area contributed by atoms with Gasteiger partial charge in [0.25, 0.3) is 0 Å². The van der Waals surface area contributed by atoms with Crippen LogP contribution in [-0.4, -0.2) is 23.1 Å². The van der Waals surface area contributed by atoms with Crippen LogP contribution in [0.2, 0.25) is 10.0 Å². The molecule has 1 atom stereocenters. The molecule has 0 aliphatic carbocycles. The molecule has 2 heterocycles. The van der Waals surface area contributed by atoms with Gasteiger partial charge < -0.3 is 5.32 Å². The molecule has 178 valence electrons. The lowest BCUT2D eigenvalue weighted by Crippen LogP contribution is -2.30. The Morgan fingerprint density at radius 2 is 1.94 bits per heavy atom. The van der Waals surface area contributed by atoms with Crippen LogP contribution in [0.15, 0.2) is 99.6 Å². The molecule has 2 aromatic carbocycles. The van der Waals surface area contributed by atoms with Crippen LogP contribution in [-0.2, 0) is 11.2 Å². The van der Waals surface area contributed by atoms with E-state index in [4.69, 9.17) is 28.2 Å². The summed E-state index contributed by atoms with van der Waals surface area (Å²) in [5, 5.41) is 4.01. The number of fused-ring (bicyclic) bond motifs is 1. The molecule has 1 amide bonds. The number of hydrogen-bond acceptors (Lipinski definition) is 4. The second-order valence-electron chi connectivity index (χ2n) is 8.19. The monoisotopic (exact) mass is 521 g/mol. The highest BCUT2D eigenvalue weighted by Gasteiger charge is 2.19. The van der Waals surface area contributed by atoms with Gasteiger partial charge in [-0.25, -0.2) is 0 Å². The molecule has 1 aliphatic rings. The standard InChI is InChI=1S/C28H25Cl2N3OS/c1-18(28(34)32-15-13-20-6-5-14-31-17-20)9-12-25-19(2)33-27(21-10-11-23(29)24(30)16-21)22-7-3-4-8-26(22)35-25/h3-12,14,16-18H,13,15H2,1-2H3,(H,32,34)/b12-9-. The van der Waals surface area contributed by atoms with Gasteiger partial charge in [0.05, 0.1) is 27.4 Å². The number of nitrogens with one attached hydrogen (secondary N) is 1. The predicted octanol–water partition coefficient (Wildman–Crippen LogP) is 7.11. The largest absolute Gasteiger partial charge is 0.355 e. The molecule has 3 aromatic rings. The second kappa shape index (κ2) is 11.7. The Morgan fingerprint density at radius 1 is 1.11 bits per heavy atom. The van der Waals surface area contributed by atoms with Crippen molar-refractivity contribution in [1.29, 1.82) is 0 Å². The Balaban J connectivity index is 1.52. The normalized spacial score (nSPS) is 14.3. The topological polar surface area (TPSA) is 54.4 Å². The van der Waals surface area contributed by atoms with Gasteiger partial charge in [-0.15, -0.1) is 0 Å². The van der Waals surface area contributed by atoms with Crippen molar-refractivity contribution in [1.82, 2.24) is 10.3 Å². The molecule has 0 bridgehead atoms. The van der Waals surface area contributed by atoms with E-state index in [1.165, 1.54) is 0 Å². The summed E-state index contributed by atoms with van der Waals surface area (Å²) in [5.74, 6) is -0.288. The first-order chi connectivity index (χ1) is 16.9. The third-order valence-electron chi connectivity index (χ3n) is 5.58. The summed E-state index contributed by atoms with van der Waals surface area (Å²) in [4.78, 5) is 23.7. The molecule has 0 spiro atoms. The van der Waals surface area contributed by atoms with Crippen LogP contribution >= 0.6 is 35.0 Å². The minimum absolute atomic E-state index is 0.0117. The molecule has 0 radical (unpaired) electrons. The summed E-state index contributed by atoms with van der Waals surface area (Å²) in [6.45, 7) is 4.45. The third-order valence-corrected chi connectivity index (χ3v) is 7.54. The summed E-state index contributed by atoms with van der Waals surface area (Å²) >= 11 is 14.1. The zero-order valence-electron chi connectivity index (χ0n) is 19.5. The van der Waals surface area contributed by atoms with Crippen LogP contribution in [0, 0.1) is 5.92 Å². The Hall–Kier alpha value is -2.86. The smallest absolute Gasteiger partial charge is 0.226 e. The van der Waals surface area contributed by atoms with Gasteiger partial charge >= 0.3 is 0 Å². The van der Waals surface area contributed by atoms with E-state index in [9.17, 15) is 4.79 Å². The van der Waals surface area contributed by atoms with E-state index in [1.54, 1.807) is 24.0 Å². The molecule has 4 nitrogen and oxygen atoms in total. The predicted molar refractivity (Wildman–Crippen MR) is 146 cm³/mol. The highest BCUT2D eigenvalue weighted by Crippen LogP contribution is 2.38. The van der Waals surface area contributed by atoms with Crippen molar-refractivity contribution in [3.05, 3.63) is 116 Å². The number of thioether (sulfide) groups is 1. The van der Waals surface area contributed by atoms with Crippen LogP contribution in [0.1, 0.15) is 30.5 Å². The molecule has 0 fully saturated rings. The number of halogens is 2. The number of benzene rings is 2. The minimum Gasteiger partial charge on any atom is -0.355 e. The summed E-state index contributed by atoms with van der Waals surface area (Å²) < 4.78 is 0. The number of carbonyl (C=O) groups excluding carboxylic acids is 1. The molecular weight excluding hydrogens is 497 g/mol. The number of aliphatic imine (C=N–C) groups is 1. The average molecular weight is 523 g/mol. The lowest BCUT2D eigenvalue weighted by Gasteiger charge is -2.10. The number of pyridine rings is 1. The average Bonchev–Trinajstić information content (AvgIpc) is 3.01. The molecule has 7 heteroatoms. The van der Waals surface area contributed by atoms with Crippen LogP contribution in [0.4, 0.5) is 0 Å². The van der Waals surface area contributed by atoms with Gasteiger partial charge in [0.15, 0.2) is 0 Å². The van der Waals surface area contributed by atoms with Crippen LogP contribution in [0.5, 0.6) is 0 Å². The van der Waals surface area contributed by atoms with Gasteiger partial charge in [0.2, 0.25) is 5.91 Å². The second-order valence-corrected chi connectivity index (χ2v) is 10.1. The van der Waals surface area contributed by atoms with E-state index in [0.29, 0.717) is 16.6 Å². The van der Waals surface area contributed by atoms with Crippen molar-refractivity contribution in [3.8, 4) is 0 Å². The van der Waals surface area contributed by atoms with Crippen LogP contribution < -0.4 is 5.32 Å². The van der Waals surface area contributed by atoms with Gasteiger partial charge in [-0.3, -0.25) is 14.8 Å². The first kappa shape index (κ1) is 25.2. The number of rotatable bonds is 7. The zero-order chi connectivity index (χ0) is 24.8. The lowest BCUT2D eigenvalue weighted by molar-refractivity contribution is -0.123. The van der Waals surface area contributed by atoms with E-state index in [2.05, 4.69) is 22.4 Å². The molecule has 0 saturated heterocycles. The van der Waals surface area contributed by atoms with Gasteiger partial charge in [0, 0.05) is 39.9 Å². The highest BCUT2D eigenvalue weighted by atomic mass is 35.5. The molecule has 35 heavy (non-hydrogen) atoms. The van der Waals surface area contributed by atoms with E-state index < -0.39 is 0 Å². The summed E-state index contributed by atoms with van der Waals surface area (Å²) in [5.41, 5.74) is 4.74. The van der Waals surface area contributed by atoms with Crippen molar-refractivity contribution in [2.75, 3.05) is 6.54 Å². The Bertz CT molecular complexity index is 1320. The van der Waals surface area contributed by atoms with Crippen LogP contribution in [0.3, 0.4) is 0 Å². The molecular formula is C28H25Cl2N3OS. The van der Waals surface area contributed by atoms with Crippen molar-refractivity contribution >= 4 is 46.6 Å². The summed E-state index contributed by atoms with van der Waals surface area (Å²) in [6, 6.07) is 17.6. The zero-order valence-corrected chi connectivity index (χ0v) is 21.8. The Labute approximate surface area is 220 Å². The van der Waals surface area contributed by atoms with Gasteiger partial charge in [-0.05, 0) is 49.2 Å². The number of amides is 1. The maximum Gasteiger partial charge on any atom is 0.226 e. The fourth-order valence-corrected chi connectivity index (χ4v) is 4.90. The van der Waals surface area contributed by atoms with Crippen LogP contribution in [0.25, 0.3) is 0 Å². The molecule has 1 aliphatic heterocycles. The van der Waals surface area contributed by atoms with Crippen molar-refractivity contribution in [3.63, 3.8) is 0 Å². The maximum atomic E-state index is 12.6. The van der Waals surface area contributed by atoms with Crippen molar-refractivity contribution in [2.24, 2.45) is 10.9 Å². The Kier molecular flexibility index (Phi) is 8.45. The number of nitrogens with zero attached hydrogens (tertiary/aromatic N) is 2. The van der Waals surface area contributed by atoms with E-state index >= 15 is 0 Å². The highest BCUT2D eigenvalue weighted by molar-refractivity contribution is 8.03. The first-order valence-electron chi connectivity index (χ1n) is 11.3.